The summed E-state index contributed by atoms with van der Waals surface area (Å²) in [5, 5.41) is 0. The van der Waals surface area contributed by atoms with E-state index in [-0.39, 0.29) is 5.91 Å². The van der Waals surface area contributed by atoms with Crippen molar-refractivity contribution in [1.29, 1.82) is 0 Å². The normalized spacial score (nSPS) is 9.91. The van der Waals surface area contributed by atoms with E-state index in [1.54, 1.807) is 4.90 Å². The molecule has 0 aromatic heterocycles. The maximum Gasteiger partial charge on any atom is 0.253 e. The van der Waals surface area contributed by atoms with Crippen LogP contribution in [-0.2, 0) is 0 Å². The van der Waals surface area contributed by atoms with Gasteiger partial charge in [0, 0.05) is 19.2 Å². The van der Waals surface area contributed by atoms with E-state index in [1.807, 2.05) is 63.4 Å². The number of carbonyl (C=O) groups excluding carboxylic acids is 1. The van der Waals surface area contributed by atoms with Crippen molar-refractivity contribution >= 4 is 5.91 Å². The van der Waals surface area contributed by atoms with Gasteiger partial charge in [0.2, 0.25) is 0 Å². The smallest absolute Gasteiger partial charge is 0.253 e. The summed E-state index contributed by atoms with van der Waals surface area (Å²) in [6, 6.07) is 18.0. The summed E-state index contributed by atoms with van der Waals surface area (Å²) in [6.45, 7) is 9.00. The number of benzene rings is 2. The van der Waals surface area contributed by atoms with Crippen molar-refractivity contribution in [3.63, 3.8) is 0 Å². The predicted octanol–water partition coefficient (Wildman–Crippen LogP) is 5.11. The molecular weight excluding hydrogens is 270 g/mol. The fraction of sp³-hybridized carbons (Fsp3) is 0.350. The minimum Gasteiger partial charge on any atom is -0.341 e. The molecule has 0 spiro atoms. The minimum absolute atomic E-state index is 0.0818. The van der Waals surface area contributed by atoms with E-state index in [4.69, 9.17) is 0 Å². The third-order valence-corrected chi connectivity index (χ3v) is 3.22. The van der Waals surface area contributed by atoms with Gasteiger partial charge in [0.15, 0.2) is 0 Å². The van der Waals surface area contributed by atoms with Crippen LogP contribution in [0, 0.1) is 5.92 Å². The van der Waals surface area contributed by atoms with Crippen molar-refractivity contribution in [3.05, 3.63) is 60.2 Å². The van der Waals surface area contributed by atoms with Crippen LogP contribution in [0.4, 0.5) is 0 Å². The second-order valence-electron chi connectivity index (χ2n) is 5.52. The van der Waals surface area contributed by atoms with Gasteiger partial charge in [-0.1, -0.05) is 70.2 Å². The second kappa shape index (κ2) is 9.04. The van der Waals surface area contributed by atoms with Gasteiger partial charge >= 0.3 is 0 Å². The lowest BCUT2D eigenvalue weighted by Gasteiger charge is -2.19. The van der Waals surface area contributed by atoms with E-state index in [1.165, 1.54) is 5.56 Å². The van der Waals surface area contributed by atoms with Gasteiger partial charge in [-0.15, -0.1) is 0 Å². The highest BCUT2D eigenvalue weighted by molar-refractivity contribution is 5.94. The maximum absolute atomic E-state index is 12.3. The molecule has 2 rings (SSSR count). The quantitative estimate of drug-likeness (QED) is 0.768. The molecule has 2 nitrogen and oxygen atoms in total. The molecule has 0 aliphatic carbocycles. The lowest BCUT2D eigenvalue weighted by molar-refractivity contribution is 0.0779. The van der Waals surface area contributed by atoms with Gasteiger partial charge in [0.25, 0.3) is 5.91 Å². The van der Waals surface area contributed by atoms with Gasteiger partial charge in [0.05, 0.1) is 0 Å². The molecule has 0 aliphatic heterocycles. The molecule has 0 saturated carbocycles. The van der Waals surface area contributed by atoms with Gasteiger partial charge in [0.1, 0.15) is 0 Å². The Hall–Kier alpha value is -2.09. The zero-order chi connectivity index (χ0) is 16.5. The monoisotopic (exact) mass is 297 g/mol. The first-order valence-corrected chi connectivity index (χ1v) is 7.99. The van der Waals surface area contributed by atoms with Crippen LogP contribution in [0.25, 0.3) is 11.1 Å². The molecule has 2 heteroatoms. The molecule has 118 valence electrons. The number of hydrogen-bond acceptors (Lipinski definition) is 1. The highest BCUT2D eigenvalue weighted by Crippen LogP contribution is 2.19. The molecular formula is C20H27NO. The molecule has 0 radical (unpaired) electrons. The molecule has 0 N–H and O–H groups in total. The van der Waals surface area contributed by atoms with Crippen LogP contribution in [0.1, 0.15) is 38.1 Å². The van der Waals surface area contributed by atoms with Crippen LogP contribution in [0.2, 0.25) is 0 Å². The third kappa shape index (κ3) is 5.03. The lowest BCUT2D eigenvalue weighted by Crippen LogP contribution is -2.30. The molecule has 22 heavy (non-hydrogen) atoms. The summed E-state index contributed by atoms with van der Waals surface area (Å²) in [7, 11) is 1.85. The molecule has 0 aliphatic rings. The van der Waals surface area contributed by atoms with E-state index < -0.39 is 0 Å². The Balaban J connectivity index is 0.00000116. The van der Waals surface area contributed by atoms with E-state index in [2.05, 4.69) is 26.0 Å². The fourth-order valence-corrected chi connectivity index (χ4v) is 2.29. The van der Waals surface area contributed by atoms with Gasteiger partial charge in [-0.25, -0.2) is 0 Å². The predicted molar refractivity (Wildman–Crippen MR) is 95.0 cm³/mol. The van der Waals surface area contributed by atoms with Crippen molar-refractivity contribution in [2.24, 2.45) is 5.92 Å². The number of rotatable bonds is 4. The maximum atomic E-state index is 12.3. The highest BCUT2D eigenvalue weighted by Gasteiger charge is 2.12. The fourth-order valence-electron chi connectivity index (χ4n) is 2.29. The lowest BCUT2D eigenvalue weighted by atomic mass is 10.0. The summed E-state index contributed by atoms with van der Waals surface area (Å²) >= 11 is 0. The van der Waals surface area contributed by atoms with Crippen molar-refractivity contribution in [1.82, 2.24) is 4.90 Å². The summed E-state index contributed by atoms with van der Waals surface area (Å²) in [4.78, 5) is 14.0. The molecule has 1 amide bonds. The van der Waals surface area contributed by atoms with E-state index in [0.29, 0.717) is 5.92 Å². The Morgan fingerprint density at radius 1 is 0.909 bits per heavy atom. The highest BCUT2D eigenvalue weighted by atomic mass is 16.2. The Labute approximate surface area is 134 Å². The largest absolute Gasteiger partial charge is 0.341 e. The van der Waals surface area contributed by atoms with Gasteiger partial charge in [-0.05, 0) is 29.2 Å². The molecule has 2 aromatic rings. The first-order valence-electron chi connectivity index (χ1n) is 7.99. The Bertz CT molecular complexity index is 558. The SMILES string of the molecule is CC.CC(C)CN(C)C(=O)c1ccc(-c2ccccc2)cc1. The third-order valence-electron chi connectivity index (χ3n) is 3.22. The molecule has 0 unspecified atom stereocenters. The van der Waals surface area contributed by atoms with Crippen LogP contribution in [0.3, 0.4) is 0 Å². The average Bonchev–Trinajstić information content (AvgIpc) is 2.56. The van der Waals surface area contributed by atoms with Crippen molar-refractivity contribution in [3.8, 4) is 11.1 Å². The van der Waals surface area contributed by atoms with Crippen molar-refractivity contribution in [2.75, 3.05) is 13.6 Å². The summed E-state index contributed by atoms with van der Waals surface area (Å²) in [5.74, 6) is 0.561. The number of carbonyl (C=O) groups is 1. The Kier molecular flexibility index (Phi) is 7.38. The van der Waals surface area contributed by atoms with Crippen LogP contribution < -0.4 is 0 Å². The number of hydrogen-bond donors (Lipinski definition) is 0. The summed E-state index contributed by atoms with van der Waals surface area (Å²) < 4.78 is 0. The van der Waals surface area contributed by atoms with Gasteiger partial charge < -0.3 is 4.90 Å². The first kappa shape index (κ1) is 18.0. The standard InChI is InChI=1S/C18H21NO.C2H6/c1-14(2)13-19(3)18(20)17-11-9-16(10-12-17)15-7-5-4-6-8-15;1-2/h4-12,14H,13H2,1-3H3;1-2H3. The minimum atomic E-state index is 0.0818. The molecule has 2 aromatic carbocycles. The van der Waals surface area contributed by atoms with Crippen molar-refractivity contribution in [2.45, 2.75) is 27.7 Å². The van der Waals surface area contributed by atoms with Gasteiger partial charge in [-0.3, -0.25) is 4.79 Å². The van der Waals surface area contributed by atoms with Crippen LogP contribution >= 0.6 is 0 Å². The molecule has 0 heterocycles. The van der Waals surface area contributed by atoms with E-state index in [0.717, 1.165) is 17.7 Å². The van der Waals surface area contributed by atoms with Crippen LogP contribution in [0.5, 0.6) is 0 Å². The van der Waals surface area contributed by atoms with E-state index >= 15 is 0 Å². The van der Waals surface area contributed by atoms with Gasteiger partial charge in [-0.2, -0.15) is 0 Å². The Morgan fingerprint density at radius 3 is 1.91 bits per heavy atom. The summed E-state index contributed by atoms with van der Waals surface area (Å²) in [6.07, 6.45) is 0. The van der Waals surface area contributed by atoms with Crippen molar-refractivity contribution < 1.29 is 4.79 Å². The Morgan fingerprint density at radius 2 is 1.41 bits per heavy atom. The average molecular weight is 297 g/mol. The van der Waals surface area contributed by atoms with Crippen LogP contribution in [0.15, 0.2) is 54.6 Å². The molecule has 0 saturated heterocycles. The first-order chi connectivity index (χ1) is 10.6. The van der Waals surface area contributed by atoms with Crippen LogP contribution in [-0.4, -0.2) is 24.4 Å². The number of nitrogens with zero attached hydrogens (tertiary/aromatic N) is 1. The number of amides is 1. The second-order valence-corrected chi connectivity index (χ2v) is 5.52. The summed E-state index contributed by atoms with van der Waals surface area (Å²) in [5.41, 5.74) is 3.04. The van der Waals surface area contributed by atoms with E-state index in [9.17, 15) is 4.79 Å². The molecule has 0 atom stereocenters. The topological polar surface area (TPSA) is 20.3 Å². The zero-order valence-corrected chi connectivity index (χ0v) is 14.3. The molecule has 0 bridgehead atoms. The molecule has 0 fully saturated rings. The zero-order valence-electron chi connectivity index (χ0n) is 14.3.